The lowest BCUT2D eigenvalue weighted by Gasteiger charge is -2.15. The Morgan fingerprint density at radius 3 is 2.25 bits per heavy atom. The van der Waals surface area contributed by atoms with Crippen LogP contribution in [0.15, 0.2) is 48.5 Å². The van der Waals surface area contributed by atoms with Crippen LogP contribution in [0.1, 0.15) is 21.5 Å². The molecule has 0 fully saturated rings. The van der Waals surface area contributed by atoms with E-state index in [9.17, 15) is 13.2 Å². The Balaban J connectivity index is 2.13. The van der Waals surface area contributed by atoms with Gasteiger partial charge in [0.15, 0.2) is 9.84 Å². The molecule has 0 heterocycles. The second-order valence-corrected chi connectivity index (χ2v) is 8.26. The molecule has 1 N–H and O–H groups in total. The van der Waals surface area contributed by atoms with E-state index in [1.54, 1.807) is 24.3 Å². The second-order valence-electron chi connectivity index (χ2n) is 6.12. The molecule has 0 aliphatic carbocycles. The van der Waals surface area contributed by atoms with Gasteiger partial charge in [-0.1, -0.05) is 30.3 Å². The molecule has 0 aliphatic heterocycles. The van der Waals surface area contributed by atoms with Crippen molar-refractivity contribution in [1.82, 2.24) is 4.90 Å². The Morgan fingerprint density at radius 2 is 1.67 bits per heavy atom. The molecule has 0 radical (unpaired) electrons. The number of anilines is 1. The number of amides is 1. The quantitative estimate of drug-likeness (QED) is 0.873. The summed E-state index contributed by atoms with van der Waals surface area (Å²) in [7, 11) is 0.861. The Morgan fingerprint density at radius 1 is 1.04 bits per heavy atom. The molecule has 6 heteroatoms. The molecule has 0 saturated carbocycles. The fourth-order valence-corrected chi connectivity index (χ4v) is 3.17. The number of hydrogen-bond acceptors (Lipinski definition) is 4. The van der Waals surface area contributed by atoms with Crippen LogP contribution in [0.2, 0.25) is 0 Å². The average Bonchev–Trinajstić information content (AvgIpc) is 2.48. The standard InChI is InChI=1S/C18H22N2O3S/c1-20(2)12-16-6-4-5-7-17(16)19-18(21)15-10-8-14(9-11-15)13-24(3,22)23/h4-11H,12-13H2,1-3H3,(H,19,21). The monoisotopic (exact) mass is 346 g/mol. The minimum atomic E-state index is -3.08. The lowest BCUT2D eigenvalue weighted by atomic mass is 10.1. The minimum absolute atomic E-state index is 0.0272. The van der Waals surface area contributed by atoms with Gasteiger partial charge in [0.2, 0.25) is 0 Å². The summed E-state index contributed by atoms with van der Waals surface area (Å²) >= 11 is 0. The summed E-state index contributed by atoms with van der Waals surface area (Å²) in [5.74, 6) is -0.243. The van der Waals surface area contributed by atoms with Gasteiger partial charge in [0.05, 0.1) is 5.75 Å². The van der Waals surface area contributed by atoms with E-state index in [2.05, 4.69) is 5.32 Å². The maximum absolute atomic E-state index is 12.4. The summed E-state index contributed by atoms with van der Waals surface area (Å²) in [5, 5.41) is 2.92. The maximum atomic E-state index is 12.4. The van der Waals surface area contributed by atoms with E-state index in [4.69, 9.17) is 0 Å². The number of hydrogen-bond donors (Lipinski definition) is 1. The van der Waals surface area contributed by atoms with Gasteiger partial charge in [-0.15, -0.1) is 0 Å². The molecule has 1 amide bonds. The molecule has 0 spiro atoms. The number of carbonyl (C=O) groups excluding carboxylic acids is 1. The molecule has 2 aromatic carbocycles. The van der Waals surface area contributed by atoms with Crippen molar-refractivity contribution in [2.75, 3.05) is 25.7 Å². The van der Waals surface area contributed by atoms with E-state index < -0.39 is 9.84 Å². The molecule has 5 nitrogen and oxygen atoms in total. The van der Waals surface area contributed by atoms with Gasteiger partial charge in [-0.2, -0.15) is 0 Å². The molecule has 0 unspecified atom stereocenters. The van der Waals surface area contributed by atoms with E-state index in [0.29, 0.717) is 11.1 Å². The number of sulfone groups is 1. The SMILES string of the molecule is CN(C)Cc1ccccc1NC(=O)c1ccc(CS(C)(=O)=O)cc1. The molecule has 128 valence electrons. The van der Waals surface area contributed by atoms with E-state index in [0.717, 1.165) is 17.8 Å². The molecular weight excluding hydrogens is 324 g/mol. The summed E-state index contributed by atoms with van der Waals surface area (Å²) in [6, 6.07) is 14.3. The predicted octanol–water partition coefficient (Wildman–Crippen LogP) is 2.55. The third kappa shape index (κ3) is 5.47. The van der Waals surface area contributed by atoms with Crippen LogP contribution >= 0.6 is 0 Å². The van der Waals surface area contributed by atoms with Crippen LogP contribution in [0.25, 0.3) is 0 Å². The Hall–Kier alpha value is -2.18. The van der Waals surface area contributed by atoms with E-state index >= 15 is 0 Å². The summed E-state index contributed by atoms with van der Waals surface area (Å²) in [6.07, 6.45) is 1.19. The molecule has 0 aromatic heterocycles. The second kappa shape index (κ2) is 7.59. The van der Waals surface area contributed by atoms with Gasteiger partial charge in [-0.05, 0) is 43.4 Å². The molecule has 0 bridgehead atoms. The van der Waals surface area contributed by atoms with Gasteiger partial charge < -0.3 is 10.2 Å². The summed E-state index contributed by atoms with van der Waals surface area (Å²) < 4.78 is 22.6. The zero-order chi connectivity index (χ0) is 17.7. The molecule has 24 heavy (non-hydrogen) atoms. The smallest absolute Gasteiger partial charge is 0.255 e. The van der Waals surface area contributed by atoms with Crippen molar-refractivity contribution >= 4 is 21.4 Å². The van der Waals surface area contributed by atoms with Gasteiger partial charge >= 0.3 is 0 Å². The van der Waals surface area contributed by atoms with Crippen molar-refractivity contribution < 1.29 is 13.2 Å². The highest BCUT2D eigenvalue weighted by Crippen LogP contribution is 2.18. The van der Waals surface area contributed by atoms with Gasteiger partial charge in [0.25, 0.3) is 5.91 Å². The van der Waals surface area contributed by atoms with E-state index in [1.165, 1.54) is 6.26 Å². The Labute approximate surface area is 143 Å². The van der Waals surface area contributed by atoms with Crippen molar-refractivity contribution in [2.24, 2.45) is 0 Å². The lowest BCUT2D eigenvalue weighted by Crippen LogP contribution is -2.16. The largest absolute Gasteiger partial charge is 0.322 e. The summed E-state index contributed by atoms with van der Waals surface area (Å²) in [5.41, 5.74) is 2.97. The van der Waals surface area contributed by atoms with E-state index in [-0.39, 0.29) is 11.7 Å². The summed E-state index contributed by atoms with van der Waals surface area (Å²) in [6.45, 7) is 0.726. The van der Waals surface area contributed by atoms with Crippen molar-refractivity contribution in [3.05, 3.63) is 65.2 Å². The van der Waals surface area contributed by atoms with Crippen molar-refractivity contribution in [3.63, 3.8) is 0 Å². The van der Waals surface area contributed by atoms with Crippen LogP contribution in [0, 0.1) is 0 Å². The average molecular weight is 346 g/mol. The number of para-hydroxylation sites is 1. The highest BCUT2D eigenvalue weighted by atomic mass is 32.2. The number of rotatable bonds is 6. The van der Waals surface area contributed by atoms with Crippen LogP contribution in [-0.2, 0) is 22.1 Å². The van der Waals surface area contributed by atoms with E-state index in [1.807, 2.05) is 43.3 Å². The number of carbonyl (C=O) groups is 1. The van der Waals surface area contributed by atoms with Crippen LogP contribution < -0.4 is 5.32 Å². The lowest BCUT2D eigenvalue weighted by molar-refractivity contribution is 0.102. The van der Waals surface area contributed by atoms with Gasteiger partial charge in [-0.3, -0.25) is 4.79 Å². The Bertz CT molecular complexity index is 812. The zero-order valence-corrected chi connectivity index (χ0v) is 14.9. The molecule has 2 rings (SSSR count). The zero-order valence-electron chi connectivity index (χ0n) is 14.1. The molecular formula is C18H22N2O3S. The fraction of sp³-hybridized carbons (Fsp3) is 0.278. The van der Waals surface area contributed by atoms with Crippen LogP contribution in [0.5, 0.6) is 0 Å². The minimum Gasteiger partial charge on any atom is -0.322 e. The van der Waals surface area contributed by atoms with Crippen LogP contribution in [-0.4, -0.2) is 39.6 Å². The number of nitrogens with zero attached hydrogens (tertiary/aromatic N) is 1. The number of benzene rings is 2. The van der Waals surface area contributed by atoms with Crippen LogP contribution in [0.3, 0.4) is 0 Å². The molecule has 0 saturated heterocycles. The normalized spacial score (nSPS) is 11.5. The van der Waals surface area contributed by atoms with Crippen molar-refractivity contribution in [3.8, 4) is 0 Å². The first-order valence-electron chi connectivity index (χ1n) is 7.55. The first-order valence-corrected chi connectivity index (χ1v) is 9.61. The van der Waals surface area contributed by atoms with Crippen LogP contribution in [0.4, 0.5) is 5.69 Å². The highest BCUT2D eigenvalue weighted by molar-refractivity contribution is 7.89. The third-order valence-corrected chi connectivity index (χ3v) is 4.25. The maximum Gasteiger partial charge on any atom is 0.255 e. The molecule has 0 aliphatic rings. The van der Waals surface area contributed by atoms with Gasteiger partial charge in [0.1, 0.15) is 0 Å². The van der Waals surface area contributed by atoms with Crippen molar-refractivity contribution in [1.29, 1.82) is 0 Å². The third-order valence-electron chi connectivity index (χ3n) is 3.40. The predicted molar refractivity (Wildman–Crippen MR) is 96.8 cm³/mol. The highest BCUT2D eigenvalue weighted by Gasteiger charge is 2.10. The fourth-order valence-electron chi connectivity index (χ4n) is 2.37. The first kappa shape index (κ1) is 18.2. The first-order chi connectivity index (χ1) is 11.2. The van der Waals surface area contributed by atoms with Crippen molar-refractivity contribution in [2.45, 2.75) is 12.3 Å². The topological polar surface area (TPSA) is 66.5 Å². The molecule has 0 atom stereocenters. The molecule has 2 aromatic rings. The van der Waals surface area contributed by atoms with Gasteiger partial charge in [-0.25, -0.2) is 8.42 Å². The Kier molecular flexibility index (Phi) is 5.75. The van der Waals surface area contributed by atoms with Gasteiger partial charge in [0, 0.05) is 24.1 Å². The summed E-state index contributed by atoms with van der Waals surface area (Å²) in [4.78, 5) is 14.4. The number of nitrogens with one attached hydrogen (secondary N) is 1.